The third kappa shape index (κ3) is 3.49. The van der Waals surface area contributed by atoms with Crippen LogP contribution in [0.5, 0.6) is 0 Å². The van der Waals surface area contributed by atoms with Crippen molar-refractivity contribution in [3.63, 3.8) is 0 Å². The van der Waals surface area contributed by atoms with Crippen molar-refractivity contribution in [3.05, 3.63) is 63.9 Å². The second-order valence-electron chi connectivity index (χ2n) is 6.10. The molecular formula is C18H14ClF4NO2. The molecule has 1 unspecified atom stereocenters. The molecule has 1 saturated heterocycles. The molecule has 2 aromatic carbocycles. The summed E-state index contributed by atoms with van der Waals surface area (Å²) in [6.07, 6.45) is -3.94. The summed E-state index contributed by atoms with van der Waals surface area (Å²) in [5.74, 6) is -2.40. The van der Waals surface area contributed by atoms with Crippen LogP contribution in [0.4, 0.5) is 23.2 Å². The Morgan fingerprint density at radius 2 is 1.96 bits per heavy atom. The van der Waals surface area contributed by atoms with Gasteiger partial charge in [-0.25, -0.2) is 9.18 Å². The lowest BCUT2D eigenvalue weighted by molar-refractivity contribution is -0.137. The van der Waals surface area contributed by atoms with Crippen molar-refractivity contribution in [3.8, 4) is 0 Å². The van der Waals surface area contributed by atoms with Gasteiger partial charge in [-0.05, 0) is 36.2 Å². The zero-order chi connectivity index (χ0) is 19.1. The van der Waals surface area contributed by atoms with Crippen LogP contribution in [0.15, 0.2) is 36.4 Å². The van der Waals surface area contributed by atoms with Gasteiger partial charge in [0.1, 0.15) is 5.82 Å². The number of halogens is 5. The number of rotatable bonds is 3. The van der Waals surface area contributed by atoms with Crippen molar-refractivity contribution in [2.45, 2.75) is 18.5 Å². The Morgan fingerprint density at radius 3 is 2.58 bits per heavy atom. The molecule has 1 fully saturated rings. The zero-order valence-electron chi connectivity index (χ0n) is 13.4. The Labute approximate surface area is 151 Å². The number of alkyl halides is 3. The molecule has 138 valence electrons. The van der Waals surface area contributed by atoms with Gasteiger partial charge in [0.25, 0.3) is 0 Å². The van der Waals surface area contributed by atoms with E-state index in [1.54, 1.807) is 11.0 Å². The predicted octanol–water partition coefficient (Wildman–Crippen LogP) is 5.19. The number of hydrogen-bond donors (Lipinski definition) is 1. The van der Waals surface area contributed by atoms with Gasteiger partial charge in [-0.1, -0.05) is 23.7 Å². The number of aromatic carboxylic acids is 1. The van der Waals surface area contributed by atoms with Gasteiger partial charge in [-0.15, -0.1) is 0 Å². The molecule has 1 aliphatic rings. The summed E-state index contributed by atoms with van der Waals surface area (Å²) >= 11 is 6.02. The van der Waals surface area contributed by atoms with Crippen molar-refractivity contribution in [1.82, 2.24) is 0 Å². The van der Waals surface area contributed by atoms with Crippen LogP contribution in [-0.2, 0) is 6.18 Å². The van der Waals surface area contributed by atoms with E-state index in [0.29, 0.717) is 30.8 Å². The standard InChI is InChI=1S/C18H14ClF4NO2/c19-13-8-11(18(21,22)23)4-5-15(13)24-7-6-10(9-24)12-2-1-3-14(20)16(12)17(25)26/h1-5,8,10H,6-7,9H2,(H,25,26). The number of carbonyl (C=O) groups is 1. The van der Waals surface area contributed by atoms with Crippen molar-refractivity contribution in [2.24, 2.45) is 0 Å². The van der Waals surface area contributed by atoms with E-state index in [4.69, 9.17) is 11.6 Å². The molecule has 0 bridgehead atoms. The number of hydrogen-bond acceptors (Lipinski definition) is 2. The minimum atomic E-state index is -4.48. The van der Waals surface area contributed by atoms with E-state index in [-0.39, 0.29) is 16.5 Å². The lowest BCUT2D eigenvalue weighted by atomic mass is 9.93. The molecule has 3 rings (SSSR count). The van der Waals surface area contributed by atoms with Crippen LogP contribution in [0.1, 0.15) is 33.8 Å². The van der Waals surface area contributed by atoms with E-state index < -0.39 is 23.5 Å². The molecule has 1 heterocycles. The predicted molar refractivity (Wildman–Crippen MR) is 89.4 cm³/mol. The SMILES string of the molecule is O=C(O)c1c(F)cccc1C1CCN(c2ccc(C(F)(F)F)cc2Cl)C1. The van der Waals surface area contributed by atoms with Crippen LogP contribution in [0.25, 0.3) is 0 Å². The van der Waals surface area contributed by atoms with Crippen LogP contribution < -0.4 is 4.90 Å². The monoisotopic (exact) mass is 387 g/mol. The van der Waals surface area contributed by atoms with Gasteiger partial charge in [0.05, 0.1) is 21.8 Å². The molecule has 1 atom stereocenters. The lowest BCUT2D eigenvalue weighted by Crippen LogP contribution is -2.20. The first-order chi connectivity index (χ1) is 12.2. The maximum absolute atomic E-state index is 13.9. The van der Waals surface area contributed by atoms with E-state index in [0.717, 1.165) is 18.2 Å². The van der Waals surface area contributed by atoms with Crippen LogP contribution in [0.3, 0.4) is 0 Å². The Morgan fingerprint density at radius 1 is 1.23 bits per heavy atom. The summed E-state index contributed by atoms with van der Waals surface area (Å²) in [4.78, 5) is 13.1. The summed E-state index contributed by atoms with van der Waals surface area (Å²) in [6.45, 7) is 0.820. The molecule has 0 radical (unpaired) electrons. The maximum atomic E-state index is 13.9. The minimum absolute atomic E-state index is 0.0295. The molecule has 0 aliphatic carbocycles. The first-order valence-electron chi connectivity index (χ1n) is 7.82. The van der Waals surface area contributed by atoms with Gasteiger partial charge in [0.15, 0.2) is 0 Å². The molecule has 2 aromatic rings. The van der Waals surface area contributed by atoms with Gasteiger partial charge in [0.2, 0.25) is 0 Å². The molecule has 1 N–H and O–H groups in total. The van der Waals surface area contributed by atoms with E-state index >= 15 is 0 Å². The molecule has 8 heteroatoms. The van der Waals surface area contributed by atoms with Crippen LogP contribution in [0, 0.1) is 5.82 Å². The summed E-state index contributed by atoms with van der Waals surface area (Å²) in [7, 11) is 0. The Bertz CT molecular complexity index is 854. The molecule has 26 heavy (non-hydrogen) atoms. The maximum Gasteiger partial charge on any atom is 0.416 e. The van der Waals surface area contributed by atoms with Crippen molar-refractivity contribution in [1.29, 1.82) is 0 Å². The second kappa shape index (κ2) is 6.79. The number of carboxylic acid groups (broad SMARTS) is 1. The highest BCUT2D eigenvalue weighted by molar-refractivity contribution is 6.33. The largest absolute Gasteiger partial charge is 0.478 e. The van der Waals surface area contributed by atoms with Crippen molar-refractivity contribution < 1.29 is 27.5 Å². The Balaban J connectivity index is 1.86. The summed E-state index contributed by atoms with van der Waals surface area (Å²) in [6, 6.07) is 7.23. The quantitative estimate of drug-likeness (QED) is 0.737. The first kappa shape index (κ1) is 18.5. The van der Waals surface area contributed by atoms with E-state index in [1.165, 1.54) is 12.1 Å². The zero-order valence-corrected chi connectivity index (χ0v) is 14.1. The van der Waals surface area contributed by atoms with Crippen LogP contribution in [0.2, 0.25) is 5.02 Å². The van der Waals surface area contributed by atoms with Gasteiger partial charge >= 0.3 is 12.1 Å². The van der Waals surface area contributed by atoms with E-state index in [9.17, 15) is 27.5 Å². The summed E-state index contributed by atoms with van der Waals surface area (Å²) in [5, 5.41) is 9.23. The fourth-order valence-electron chi connectivity index (χ4n) is 3.28. The second-order valence-corrected chi connectivity index (χ2v) is 6.51. The smallest absolute Gasteiger partial charge is 0.416 e. The molecule has 0 saturated carbocycles. The highest BCUT2D eigenvalue weighted by atomic mass is 35.5. The van der Waals surface area contributed by atoms with Crippen LogP contribution >= 0.6 is 11.6 Å². The summed E-state index contributed by atoms with van der Waals surface area (Å²) < 4.78 is 52.1. The molecule has 0 amide bonds. The number of anilines is 1. The molecular weight excluding hydrogens is 374 g/mol. The third-order valence-electron chi connectivity index (χ3n) is 4.50. The van der Waals surface area contributed by atoms with Crippen molar-refractivity contribution in [2.75, 3.05) is 18.0 Å². The Kier molecular flexibility index (Phi) is 4.84. The summed E-state index contributed by atoms with van der Waals surface area (Å²) in [5.41, 5.74) is -0.378. The normalized spacial score (nSPS) is 17.6. The number of benzene rings is 2. The highest BCUT2D eigenvalue weighted by Crippen LogP contribution is 2.39. The number of nitrogens with zero attached hydrogens (tertiary/aromatic N) is 1. The average molecular weight is 388 g/mol. The van der Waals surface area contributed by atoms with E-state index in [2.05, 4.69) is 0 Å². The van der Waals surface area contributed by atoms with E-state index in [1.807, 2.05) is 0 Å². The fourth-order valence-corrected chi connectivity index (χ4v) is 3.58. The molecule has 1 aliphatic heterocycles. The van der Waals surface area contributed by atoms with Crippen molar-refractivity contribution >= 4 is 23.3 Å². The topological polar surface area (TPSA) is 40.5 Å². The van der Waals surface area contributed by atoms with Crippen LogP contribution in [-0.4, -0.2) is 24.2 Å². The first-order valence-corrected chi connectivity index (χ1v) is 8.19. The van der Waals surface area contributed by atoms with Gasteiger partial charge in [-0.2, -0.15) is 13.2 Å². The van der Waals surface area contributed by atoms with Gasteiger partial charge in [-0.3, -0.25) is 0 Å². The lowest BCUT2D eigenvalue weighted by Gasteiger charge is -2.21. The Hall–Kier alpha value is -2.28. The average Bonchev–Trinajstić information content (AvgIpc) is 3.02. The fraction of sp³-hybridized carbons (Fsp3) is 0.278. The molecule has 3 nitrogen and oxygen atoms in total. The third-order valence-corrected chi connectivity index (χ3v) is 4.81. The highest BCUT2D eigenvalue weighted by Gasteiger charge is 2.33. The minimum Gasteiger partial charge on any atom is -0.478 e. The van der Waals surface area contributed by atoms with Gasteiger partial charge in [0, 0.05) is 19.0 Å². The molecule has 0 aromatic heterocycles. The molecule has 0 spiro atoms. The number of carboxylic acids is 1. The van der Waals surface area contributed by atoms with Gasteiger partial charge < -0.3 is 10.0 Å².